The molecule has 0 aromatic heterocycles. The standard InChI is InChI=1S/C40H62N2O13/c1-13-31-40(9,47)35(45)25(5)32(44)22(2)21-39(8,50-12)36(55-38-34(51-19-18-23(3)43)29(41(10)11)20-24(4)52-38)26(6)33(27(7)37(46)54-31)53-30-17-15-14-16-28(30)42(48)49/h14-19,22,24-27,29,31,33-36,38,45,47H,13,20-21H2,1-12H3/b19-18+/t22-,24-,25+,26+,27-,29+,31-,33+,34-,35-,36-,38+,39+,40-/m1/s1. The summed E-state index contributed by atoms with van der Waals surface area (Å²) < 4.78 is 38.2. The van der Waals surface area contributed by atoms with E-state index in [4.69, 9.17) is 28.4 Å². The number of para-hydroxylation sites is 2. The zero-order valence-electron chi connectivity index (χ0n) is 34.3. The lowest BCUT2D eigenvalue weighted by Crippen LogP contribution is -2.61. The minimum absolute atomic E-state index is 0.0416. The molecule has 2 fully saturated rings. The first-order valence-corrected chi connectivity index (χ1v) is 19.0. The molecule has 55 heavy (non-hydrogen) atoms. The third kappa shape index (κ3) is 10.7. The number of nitrogens with zero attached hydrogens (tertiary/aromatic N) is 2. The van der Waals surface area contributed by atoms with Gasteiger partial charge in [0.25, 0.3) is 0 Å². The van der Waals surface area contributed by atoms with E-state index in [1.807, 2.05) is 25.9 Å². The molecule has 2 saturated heterocycles. The number of ether oxygens (including phenoxy) is 6. The Kier molecular flexibility index (Phi) is 16.0. The van der Waals surface area contributed by atoms with Gasteiger partial charge in [-0.05, 0) is 74.0 Å². The number of allylic oxidation sites excluding steroid dienone is 1. The number of carbonyl (C=O) groups excluding carboxylic acids is 3. The van der Waals surface area contributed by atoms with Crippen LogP contribution >= 0.6 is 0 Å². The van der Waals surface area contributed by atoms with Crippen molar-refractivity contribution in [2.75, 3.05) is 21.2 Å². The highest BCUT2D eigenvalue weighted by Crippen LogP contribution is 2.41. The Hall–Kier alpha value is -3.47. The van der Waals surface area contributed by atoms with Gasteiger partial charge in [0.2, 0.25) is 0 Å². The second-order valence-electron chi connectivity index (χ2n) is 15.9. The van der Waals surface area contributed by atoms with Crippen LogP contribution in [0.15, 0.2) is 36.6 Å². The van der Waals surface area contributed by atoms with Crippen LogP contribution in [-0.4, -0.2) is 119 Å². The third-order valence-electron chi connectivity index (χ3n) is 11.3. The number of aliphatic hydroxyl groups is 2. The van der Waals surface area contributed by atoms with Gasteiger partial charge in [-0.15, -0.1) is 0 Å². The summed E-state index contributed by atoms with van der Waals surface area (Å²) in [6.07, 6.45) is -3.99. The Labute approximate surface area is 324 Å². The van der Waals surface area contributed by atoms with Crippen molar-refractivity contribution in [1.82, 2.24) is 4.90 Å². The van der Waals surface area contributed by atoms with E-state index in [1.54, 1.807) is 40.7 Å². The van der Waals surface area contributed by atoms with Gasteiger partial charge >= 0.3 is 11.7 Å². The second kappa shape index (κ2) is 19.1. The second-order valence-corrected chi connectivity index (χ2v) is 15.9. The van der Waals surface area contributed by atoms with E-state index in [0.717, 1.165) is 0 Å². The molecule has 0 bridgehead atoms. The Morgan fingerprint density at radius 3 is 2.29 bits per heavy atom. The van der Waals surface area contributed by atoms with Crippen molar-refractivity contribution in [3.8, 4) is 5.75 Å². The average molecular weight is 779 g/mol. The minimum atomic E-state index is -2.02. The minimum Gasteiger partial charge on any atom is -0.491 e. The number of carbonyl (C=O) groups is 3. The summed E-state index contributed by atoms with van der Waals surface area (Å²) in [6.45, 7) is 14.6. The predicted molar refractivity (Wildman–Crippen MR) is 202 cm³/mol. The molecule has 2 N–H and O–H groups in total. The SMILES string of the molecule is CC[C@H]1OC(=O)[C@H](C)[C@@H](Oc2ccccc2[N+](=O)[O-])[C@H](C)[C@@H](O[C@@H]2O[C@H](C)C[C@H](N(C)C)[C@H]2O/C=C/C(C)=O)[C@@](C)(OC)C[C@@H](C)C(=O)[C@H](C)[C@@H](O)[C@]1(C)O. The summed E-state index contributed by atoms with van der Waals surface area (Å²) in [4.78, 5) is 53.6. The molecule has 0 aliphatic carbocycles. The van der Waals surface area contributed by atoms with Gasteiger partial charge in [-0.1, -0.05) is 39.8 Å². The van der Waals surface area contributed by atoms with Crippen molar-refractivity contribution in [2.45, 2.75) is 142 Å². The van der Waals surface area contributed by atoms with Gasteiger partial charge in [0, 0.05) is 37.0 Å². The lowest BCUT2D eigenvalue weighted by Gasteiger charge is -2.49. The highest BCUT2D eigenvalue weighted by atomic mass is 16.7. The number of nitro groups is 1. The molecule has 0 saturated carbocycles. The van der Waals surface area contributed by atoms with E-state index >= 15 is 0 Å². The summed E-state index contributed by atoms with van der Waals surface area (Å²) in [5.74, 6) is -5.34. The van der Waals surface area contributed by atoms with E-state index in [9.17, 15) is 34.7 Å². The maximum atomic E-state index is 14.2. The molecule has 0 amide bonds. The van der Waals surface area contributed by atoms with Crippen LogP contribution in [0.2, 0.25) is 0 Å². The van der Waals surface area contributed by atoms with E-state index in [-0.39, 0.29) is 48.0 Å². The molecule has 0 spiro atoms. The van der Waals surface area contributed by atoms with E-state index in [1.165, 1.54) is 58.4 Å². The van der Waals surface area contributed by atoms with E-state index in [2.05, 4.69) is 0 Å². The monoisotopic (exact) mass is 778 g/mol. The number of cyclic esters (lactones) is 1. The number of benzene rings is 1. The van der Waals surface area contributed by atoms with Gasteiger partial charge in [0.05, 0.1) is 47.1 Å². The zero-order chi connectivity index (χ0) is 41.6. The van der Waals surface area contributed by atoms with Crippen LogP contribution in [0.25, 0.3) is 0 Å². The summed E-state index contributed by atoms with van der Waals surface area (Å²) in [6, 6.07) is 5.53. The average Bonchev–Trinajstić information content (AvgIpc) is 3.13. The highest BCUT2D eigenvalue weighted by Gasteiger charge is 2.53. The van der Waals surface area contributed by atoms with Crippen molar-refractivity contribution in [2.24, 2.45) is 23.7 Å². The first kappa shape index (κ1) is 45.9. The maximum Gasteiger partial charge on any atom is 0.312 e. The molecule has 0 unspecified atom stereocenters. The van der Waals surface area contributed by atoms with Crippen molar-refractivity contribution in [3.63, 3.8) is 0 Å². The summed E-state index contributed by atoms with van der Waals surface area (Å²) in [7, 11) is 5.24. The number of hydrogen-bond donors (Lipinski definition) is 2. The molecule has 2 heterocycles. The van der Waals surface area contributed by atoms with Gasteiger partial charge in [-0.2, -0.15) is 0 Å². The number of esters is 1. The molecule has 2 aliphatic heterocycles. The van der Waals surface area contributed by atoms with Crippen molar-refractivity contribution in [1.29, 1.82) is 0 Å². The predicted octanol–water partition coefficient (Wildman–Crippen LogP) is 4.64. The molecule has 0 radical (unpaired) electrons. The first-order valence-electron chi connectivity index (χ1n) is 19.0. The first-order chi connectivity index (χ1) is 25.6. The highest BCUT2D eigenvalue weighted by molar-refractivity contribution is 5.86. The molecule has 15 nitrogen and oxygen atoms in total. The van der Waals surface area contributed by atoms with Crippen LogP contribution in [0, 0.1) is 33.8 Å². The van der Waals surface area contributed by atoms with Gasteiger partial charge in [-0.25, -0.2) is 0 Å². The molecule has 3 rings (SSSR count). The van der Waals surface area contributed by atoms with Gasteiger partial charge in [0.1, 0.15) is 23.6 Å². The Balaban J connectivity index is 2.31. The Morgan fingerprint density at radius 1 is 1.09 bits per heavy atom. The van der Waals surface area contributed by atoms with Crippen LogP contribution in [0.4, 0.5) is 5.69 Å². The van der Waals surface area contributed by atoms with Gasteiger partial charge in [0.15, 0.2) is 23.9 Å². The van der Waals surface area contributed by atoms with Crippen molar-refractivity contribution >= 4 is 23.2 Å². The van der Waals surface area contributed by atoms with Crippen LogP contribution in [0.3, 0.4) is 0 Å². The fourth-order valence-electron chi connectivity index (χ4n) is 7.99. The fourth-order valence-corrected chi connectivity index (χ4v) is 7.99. The quantitative estimate of drug-likeness (QED) is 0.104. The number of nitro benzene ring substituents is 1. The summed E-state index contributed by atoms with van der Waals surface area (Å²) >= 11 is 0. The summed E-state index contributed by atoms with van der Waals surface area (Å²) in [5, 5.41) is 35.2. The Morgan fingerprint density at radius 2 is 1.73 bits per heavy atom. The maximum absolute atomic E-state index is 14.2. The normalized spacial score (nSPS) is 38.3. The topological polar surface area (TPSA) is 193 Å². The lowest BCUT2D eigenvalue weighted by molar-refractivity contribution is -0.386. The number of aliphatic hydroxyl groups excluding tert-OH is 1. The number of likely N-dealkylation sites (N-methyl/N-ethyl adjacent to an activating group) is 1. The largest absolute Gasteiger partial charge is 0.491 e. The smallest absolute Gasteiger partial charge is 0.312 e. The van der Waals surface area contributed by atoms with Gasteiger partial charge in [-0.3, -0.25) is 24.5 Å². The molecule has 310 valence electrons. The zero-order valence-corrected chi connectivity index (χ0v) is 34.3. The number of Topliss-reactive ketones (excluding diaryl/α,β-unsaturated/α-hetero) is 1. The molecule has 14 atom stereocenters. The van der Waals surface area contributed by atoms with Crippen LogP contribution in [0.5, 0.6) is 5.75 Å². The summed E-state index contributed by atoms with van der Waals surface area (Å²) in [5.41, 5.74) is -3.71. The van der Waals surface area contributed by atoms with E-state index < -0.39 is 82.6 Å². The number of hydrogen-bond acceptors (Lipinski definition) is 14. The number of methoxy groups -OCH3 is 1. The molecule has 1 aromatic carbocycles. The number of rotatable bonds is 11. The molecular formula is C40H62N2O13. The van der Waals surface area contributed by atoms with Crippen molar-refractivity contribution < 1.29 is 57.9 Å². The van der Waals surface area contributed by atoms with Crippen LogP contribution in [-0.2, 0) is 38.1 Å². The van der Waals surface area contributed by atoms with Gasteiger partial charge < -0.3 is 43.5 Å². The molecule has 2 aliphatic rings. The van der Waals surface area contributed by atoms with Crippen molar-refractivity contribution in [3.05, 3.63) is 46.7 Å². The number of ketones is 2. The lowest BCUT2D eigenvalue weighted by atomic mass is 9.74. The Bertz CT molecular complexity index is 1520. The van der Waals surface area contributed by atoms with Crippen LogP contribution < -0.4 is 4.74 Å². The third-order valence-corrected chi connectivity index (χ3v) is 11.3. The molecular weight excluding hydrogens is 716 g/mol. The fraction of sp³-hybridized carbons (Fsp3) is 0.725. The van der Waals surface area contributed by atoms with E-state index in [0.29, 0.717) is 6.42 Å². The van der Waals surface area contributed by atoms with Crippen LogP contribution in [0.1, 0.15) is 81.6 Å². The molecule has 15 heteroatoms. The molecule has 1 aromatic rings.